The maximum absolute atomic E-state index is 12.1. The number of hydrogen-bond acceptors (Lipinski definition) is 7. The number of nitrogens with zero attached hydrogens (tertiary/aromatic N) is 1. The van der Waals surface area contributed by atoms with Crippen molar-refractivity contribution in [1.29, 1.82) is 0 Å². The lowest BCUT2D eigenvalue weighted by atomic mass is 10.2. The second-order valence-corrected chi connectivity index (χ2v) is 5.92. The van der Waals surface area contributed by atoms with Crippen molar-refractivity contribution in [2.45, 2.75) is 20.0 Å². The third-order valence-corrected chi connectivity index (χ3v) is 3.87. The number of amides is 1. The average Bonchev–Trinajstić information content (AvgIpc) is 3.09. The summed E-state index contributed by atoms with van der Waals surface area (Å²) in [7, 11) is 0. The van der Waals surface area contributed by atoms with Gasteiger partial charge in [0.05, 0.1) is 12.3 Å². The highest BCUT2D eigenvalue weighted by atomic mass is 32.1. The van der Waals surface area contributed by atoms with Gasteiger partial charge < -0.3 is 9.47 Å². The molecule has 0 aliphatic carbocycles. The van der Waals surface area contributed by atoms with E-state index in [2.05, 4.69) is 15.0 Å². The van der Waals surface area contributed by atoms with E-state index in [4.69, 9.17) is 4.74 Å². The van der Waals surface area contributed by atoms with Gasteiger partial charge in [0.2, 0.25) is 0 Å². The number of nitrogens with one attached hydrogen (secondary N) is 1. The summed E-state index contributed by atoms with van der Waals surface area (Å²) in [5, 5.41) is 4.82. The minimum Gasteiger partial charge on any atom is -0.463 e. The fourth-order valence-electron chi connectivity index (χ4n) is 1.87. The molecule has 1 heterocycles. The highest BCUT2D eigenvalue weighted by Gasteiger charge is 2.18. The summed E-state index contributed by atoms with van der Waals surface area (Å²) in [6.45, 7) is 3.28. The van der Waals surface area contributed by atoms with Gasteiger partial charge in [-0.3, -0.25) is 10.1 Å². The van der Waals surface area contributed by atoms with Crippen molar-refractivity contribution in [1.82, 2.24) is 4.98 Å². The molecule has 8 heteroatoms. The van der Waals surface area contributed by atoms with E-state index in [-0.39, 0.29) is 6.61 Å². The Hall–Kier alpha value is -3.00. The molecule has 136 valence electrons. The molecule has 7 nitrogen and oxygen atoms in total. The highest BCUT2D eigenvalue weighted by Crippen LogP contribution is 2.24. The van der Waals surface area contributed by atoms with E-state index in [0.29, 0.717) is 5.13 Å². The lowest BCUT2D eigenvalue weighted by Crippen LogP contribution is -2.29. The van der Waals surface area contributed by atoms with Crippen molar-refractivity contribution in [3.63, 3.8) is 0 Å². The first-order valence-corrected chi connectivity index (χ1v) is 8.74. The molecule has 1 N–H and O–H groups in total. The van der Waals surface area contributed by atoms with E-state index in [1.165, 1.54) is 18.3 Å². The standard InChI is InChI=1S/C18H18N2O5S/c1-3-24-15(21)9-10-16(22)25-12(2)17(23)20-18-19-14(11-26-18)13-7-5-4-6-8-13/h4-12H,3H2,1-2H3,(H,19,20,23)/b10-9+/t12-/m0/s1. The first-order valence-electron chi connectivity index (χ1n) is 7.87. The van der Waals surface area contributed by atoms with Gasteiger partial charge in [0, 0.05) is 23.1 Å². The molecule has 0 aliphatic rings. The molecule has 0 aliphatic heterocycles. The zero-order chi connectivity index (χ0) is 18.9. The number of hydrogen-bond donors (Lipinski definition) is 1. The Morgan fingerprint density at radius 2 is 1.88 bits per heavy atom. The van der Waals surface area contributed by atoms with Gasteiger partial charge in [-0.1, -0.05) is 30.3 Å². The molecule has 1 atom stereocenters. The molecule has 0 bridgehead atoms. The number of anilines is 1. The Labute approximate surface area is 154 Å². The van der Waals surface area contributed by atoms with Gasteiger partial charge >= 0.3 is 11.9 Å². The number of aromatic nitrogens is 1. The molecule has 0 radical (unpaired) electrons. The average molecular weight is 374 g/mol. The molecule has 1 aromatic heterocycles. The summed E-state index contributed by atoms with van der Waals surface area (Å²) in [6, 6.07) is 9.55. The molecule has 0 unspecified atom stereocenters. The van der Waals surface area contributed by atoms with Crippen LogP contribution in [0.5, 0.6) is 0 Å². The number of ether oxygens (including phenoxy) is 2. The fourth-order valence-corrected chi connectivity index (χ4v) is 2.60. The molecule has 0 fully saturated rings. The number of thiazole rings is 1. The second kappa shape index (κ2) is 9.47. The van der Waals surface area contributed by atoms with Crippen molar-refractivity contribution >= 4 is 34.3 Å². The minimum absolute atomic E-state index is 0.204. The van der Waals surface area contributed by atoms with Crippen LogP contribution in [0.2, 0.25) is 0 Å². The fraction of sp³-hybridized carbons (Fsp3) is 0.222. The number of rotatable bonds is 7. The van der Waals surface area contributed by atoms with Crippen molar-refractivity contribution in [2.75, 3.05) is 11.9 Å². The van der Waals surface area contributed by atoms with Crippen molar-refractivity contribution in [3.05, 3.63) is 47.9 Å². The Morgan fingerprint density at radius 3 is 2.58 bits per heavy atom. The molecule has 2 rings (SSSR count). The Morgan fingerprint density at radius 1 is 1.19 bits per heavy atom. The van der Waals surface area contributed by atoms with Crippen LogP contribution in [-0.2, 0) is 23.9 Å². The van der Waals surface area contributed by atoms with E-state index in [0.717, 1.165) is 23.4 Å². The monoisotopic (exact) mass is 374 g/mol. The maximum Gasteiger partial charge on any atom is 0.331 e. The second-order valence-electron chi connectivity index (χ2n) is 5.06. The Kier molecular flexibility index (Phi) is 7.04. The SMILES string of the molecule is CCOC(=O)/C=C/C(=O)O[C@@H](C)C(=O)Nc1nc(-c2ccccc2)cs1. The van der Waals surface area contributed by atoms with Gasteiger partial charge in [-0.05, 0) is 13.8 Å². The maximum atomic E-state index is 12.1. The van der Waals surface area contributed by atoms with Gasteiger partial charge in [-0.25, -0.2) is 14.6 Å². The van der Waals surface area contributed by atoms with Gasteiger partial charge in [0.1, 0.15) is 0 Å². The Balaban J connectivity index is 1.88. The van der Waals surface area contributed by atoms with E-state index >= 15 is 0 Å². The third kappa shape index (κ3) is 5.82. The topological polar surface area (TPSA) is 94.6 Å². The lowest BCUT2D eigenvalue weighted by Gasteiger charge is -2.10. The van der Waals surface area contributed by atoms with Crippen LogP contribution in [0, 0.1) is 0 Å². The number of benzene rings is 1. The molecule has 2 aromatic rings. The molecular formula is C18H18N2O5S. The summed E-state index contributed by atoms with van der Waals surface area (Å²) in [5.41, 5.74) is 1.68. The number of carbonyl (C=O) groups is 3. The van der Waals surface area contributed by atoms with Crippen LogP contribution < -0.4 is 5.32 Å². The van der Waals surface area contributed by atoms with Crippen molar-refractivity contribution in [3.8, 4) is 11.3 Å². The van der Waals surface area contributed by atoms with E-state index < -0.39 is 23.9 Å². The molecule has 0 saturated heterocycles. The van der Waals surface area contributed by atoms with Crippen LogP contribution in [-0.4, -0.2) is 35.5 Å². The highest BCUT2D eigenvalue weighted by molar-refractivity contribution is 7.14. The smallest absolute Gasteiger partial charge is 0.331 e. The predicted octanol–water partition coefficient (Wildman–Crippen LogP) is 2.80. The molecule has 0 saturated carbocycles. The summed E-state index contributed by atoms with van der Waals surface area (Å²) in [6.07, 6.45) is 0.820. The first kappa shape index (κ1) is 19.3. The van der Waals surface area contributed by atoms with Crippen molar-refractivity contribution in [2.24, 2.45) is 0 Å². The van der Waals surface area contributed by atoms with Crippen LogP contribution in [0.3, 0.4) is 0 Å². The summed E-state index contributed by atoms with van der Waals surface area (Å²) in [4.78, 5) is 39.2. The van der Waals surface area contributed by atoms with E-state index in [1.54, 1.807) is 6.92 Å². The van der Waals surface area contributed by atoms with Gasteiger partial charge in [0.15, 0.2) is 11.2 Å². The summed E-state index contributed by atoms with van der Waals surface area (Å²) < 4.78 is 9.58. The largest absolute Gasteiger partial charge is 0.463 e. The van der Waals surface area contributed by atoms with Crippen LogP contribution in [0.15, 0.2) is 47.9 Å². The summed E-state index contributed by atoms with van der Waals surface area (Å²) in [5.74, 6) is -1.99. The van der Waals surface area contributed by atoms with Crippen LogP contribution >= 0.6 is 11.3 Å². The van der Waals surface area contributed by atoms with Crippen LogP contribution in [0.4, 0.5) is 5.13 Å². The normalized spacial score (nSPS) is 11.8. The zero-order valence-corrected chi connectivity index (χ0v) is 15.1. The van der Waals surface area contributed by atoms with Crippen LogP contribution in [0.25, 0.3) is 11.3 Å². The zero-order valence-electron chi connectivity index (χ0n) is 14.3. The molecular weight excluding hydrogens is 356 g/mol. The number of esters is 2. The van der Waals surface area contributed by atoms with E-state index in [1.807, 2.05) is 35.7 Å². The van der Waals surface area contributed by atoms with Gasteiger partial charge in [-0.2, -0.15) is 0 Å². The molecule has 0 spiro atoms. The summed E-state index contributed by atoms with van der Waals surface area (Å²) >= 11 is 1.27. The van der Waals surface area contributed by atoms with Gasteiger partial charge in [0.25, 0.3) is 5.91 Å². The van der Waals surface area contributed by atoms with Crippen LogP contribution in [0.1, 0.15) is 13.8 Å². The third-order valence-electron chi connectivity index (χ3n) is 3.11. The van der Waals surface area contributed by atoms with Crippen molar-refractivity contribution < 1.29 is 23.9 Å². The molecule has 1 amide bonds. The molecule has 1 aromatic carbocycles. The quantitative estimate of drug-likeness (QED) is 0.591. The Bertz CT molecular complexity index is 801. The lowest BCUT2D eigenvalue weighted by molar-refractivity contribution is -0.148. The predicted molar refractivity (Wildman–Crippen MR) is 97.5 cm³/mol. The number of carbonyl (C=O) groups excluding carboxylic acids is 3. The van der Waals surface area contributed by atoms with Gasteiger partial charge in [-0.15, -0.1) is 11.3 Å². The van der Waals surface area contributed by atoms with E-state index in [9.17, 15) is 14.4 Å². The molecule has 26 heavy (non-hydrogen) atoms. The first-order chi connectivity index (χ1) is 12.5. The minimum atomic E-state index is -1.04.